The summed E-state index contributed by atoms with van der Waals surface area (Å²) in [5.41, 5.74) is 0.708. The summed E-state index contributed by atoms with van der Waals surface area (Å²) < 4.78 is 32.5. The number of methoxy groups -OCH3 is 1. The lowest BCUT2D eigenvalue weighted by Crippen LogP contribution is -3.13. The monoisotopic (exact) mass is 347 g/mol. The van der Waals surface area contributed by atoms with E-state index in [4.69, 9.17) is 4.74 Å². The maximum Gasteiger partial charge on any atom is 0.279 e. The minimum absolute atomic E-state index is 0.171. The highest BCUT2D eigenvalue weighted by atomic mass is 19.1. The van der Waals surface area contributed by atoms with Gasteiger partial charge in [0.2, 0.25) is 0 Å². The fourth-order valence-corrected chi connectivity index (χ4v) is 2.86. The van der Waals surface area contributed by atoms with Crippen LogP contribution in [0.2, 0.25) is 0 Å². The van der Waals surface area contributed by atoms with Crippen molar-refractivity contribution in [2.45, 2.75) is 25.4 Å². The van der Waals surface area contributed by atoms with Crippen molar-refractivity contribution in [2.75, 3.05) is 19.0 Å². The van der Waals surface area contributed by atoms with E-state index in [0.29, 0.717) is 12.6 Å². The Bertz CT molecular complexity index is 725. The molecule has 1 amide bonds. The van der Waals surface area contributed by atoms with Gasteiger partial charge in [-0.25, -0.2) is 8.78 Å². The van der Waals surface area contributed by atoms with Crippen LogP contribution >= 0.6 is 0 Å². The van der Waals surface area contributed by atoms with Gasteiger partial charge in [0.15, 0.2) is 6.54 Å². The summed E-state index contributed by atoms with van der Waals surface area (Å²) in [6.07, 6.45) is 2.12. The molecule has 132 valence electrons. The SMILES string of the molecule is COc1ccc(C[NH+](CC(=O)Nc2c(F)cccc2F)C2CC2)cc1. The van der Waals surface area contributed by atoms with Gasteiger partial charge in [-0.15, -0.1) is 0 Å². The number of hydrogen-bond acceptors (Lipinski definition) is 2. The molecule has 4 nitrogen and oxygen atoms in total. The molecule has 0 radical (unpaired) electrons. The first-order valence-corrected chi connectivity index (χ1v) is 8.28. The normalized spacial score (nSPS) is 14.8. The molecule has 1 fully saturated rings. The molecule has 1 aliphatic carbocycles. The molecule has 0 saturated heterocycles. The second-order valence-electron chi connectivity index (χ2n) is 6.28. The molecule has 6 heteroatoms. The van der Waals surface area contributed by atoms with Crippen molar-refractivity contribution >= 4 is 11.6 Å². The summed E-state index contributed by atoms with van der Waals surface area (Å²) in [5, 5.41) is 2.37. The van der Waals surface area contributed by atoms with Gasteiger partial charge in [-0.05, 0) is 36.4 Å². The quantitative estimate of drug-likeness (QED) is 0.806. The Morgan fingerprint density at radius 3 is 2.36 bits per heavy atom. The molecular formula is C19H21F2N2O2+. The predicted molar refractivity (Wildman–Crippen MR) is 90.5 cm³/mol. The number of hydrogen-bond donors (Lipinski definition) is 2. The minimum Gasteiger partial charge on any atom is -0.497 e. The highest BCUT2D eigenvalue weighted by Crippen LogP contribution is 2.19. The Labute approximate surface area is 145 Å². The number of quaternary nitrogens is 1. The van der Waals surface area contributed by atoms with Crippen molar-refractivity contribution in [1.29, 1.82) is 0 Å². The molecule has 2 aromatic rings. The lowest BCUT2D eigenvalue weighted by atomic mass is 10.2. The number of rotatable bonds is 7. The number of anilines is 1. The first kappa shape index (κ1) is 17.4. The van der Waals surface area contributed by atoms with Crippen LogP contribution in [0.3, 0.4) is 0 Å². The second-order valence-corrected chi connectivity index (χ2v) is 6.28. The second kappa shape index (κ2) is 7.61. The number of amides is 1. The lowest BCUT2D eigenvalue weighted by Gasteiger charge is -2.19. The van der Waals surface area contributed by atoms with Gasteiger partial charge in [0.25, 0.3) is 5.91 Å². The largest absolute Gasteiger partial charge is 0.497 e. The summed E-state index contributed by atoms with van der Waals surface area (Å²) in [4.78, 5) is 13.4. The number of halogens is 2. The van der Waals surface area contributed by atoms with Gasteiger partial charge in [0.1, 0.15) is 29.6 Å². The van der Waals surface area contributed by atoms with Gasteiger partial charge < -0.3 is 15.0 Å². The molecule has 3 rings (SSSR count). The Morgan fingerprint density at radius 1 is 1.16 bits per heavy atom. The maximum absolute atomic E-state index is 13.7. The van der Waals surface area contributed by atoms with Gasteiger partial charge in [0, 0.05) is 18.4 Å². The van der Waals surface area contributed by atoms with Crippen molar-refractivity contribution in [3.63, 3.8) is 0 Å². The zero-order valence-corrected chi connectivity index (χ0v) is 14.0. The van der Waals surface area contributed by atoms with Gasteiger partial charge in [-0.2, -0.15) is 0 Å². The summed E-state index contributed by atoms with van der Waals surface area (Å²) >= 11 is 0. The topological polar surface area (TPSA) is 42.8 Å². The maximum atomic E-state index is 13.7. The summed E-state index contributed by atoms with van der Waals surface area (Å²) in [6.45, 7) is 0.853. The van der Waals surface area contributed by atoms with Crippen LogP contribution in [-0.4, -0.2) is 25.6 Å². The number of benzene rings is 2. The lowest BCUT2D eigenvalue weighted by molar-refractivity contribution is -0.916. The number of para-hydroxylation sites is 1. The fourth-order valence-electron chi connectivity index (χ4n) is 2.86. The zero-order valence-electron chi connectivity index (χ0n) is 14.0. The molecule has 2 aromatic carbocycles. The number of nitrogens with one attached hydrogen (secondary N) is 2. The third-order valence-corrected chi connectivity index (χ3v) is 4.36. The van der Waals surface area contributed by atoms with Gasteiger partial charge in [0.05, 0.1) is 13.2 Å². The number of carbonyl (C=O) groups excluding carboxylic acids is 1. The molecule has 0 aliphatic heterocycles. The first-order chi connectivity index (χ1) is 12.1. The van der Waals surface area contributed by atoms with E-state index < -0.39 is 11.6 Å². The Morgan fingerprint density at radius 2 is 1.80 bits per heavy atom. The van der Waals surface area contributed by atoms with Crippen LogP contribution in [0.4, 0.5) is 14.5 Å². The Hall–Kier alpha value is -2.47. The minimum atomic E-state index is -0.767. The van der Waals surface area contributed by atoms with Crippen molar-refractivity contribution in [3.05, 3.63) is 59.7 Å². The summed E-state index contributed by atoms with van der Waals surface area (Å²) in [5.74, 6) is -1.14. The average molecular weight is 347 g/mol. The molecule has 0 spiro atoms. The van der Waals surface area contributed by atoms with Crippen molar-refractivity contribution < 1.29 is 23.2 Å². The number of ether oxygens (including phenoxy) is 1. The average Bonchev–Trinajstić information content (AvgIpc) is 3.43. The van der Waals surface area contributed by atoms with Gasteiger partial charge >= 0.3 is 0 Å². The van der Waals surface area contributed by atoms with Crippen molar-refractivity contribution in [1.82, 2.24) is 0 Å². The summed E-state index contributed by atoms with van der Waals surface area (Å²) in [7, 11) is 1.61. The van der Waals surface area contributed by atoms with Gasteiger partial charge in [-0.1, -0.05) is 6.07 Å². The van der Waals surface area contributed by atoms with E-state index in [-0.39, 0.29) is 18.1 Å². The molecule has 1 saturated carbocycles. The summed E-state index contributed by atoms with van der Waals surface area (Å²) in [6, 6.07) is 11.6. The van der Waals surface area contributed by atoms with E-state index >= 15 is 0 Å². The third-order valence-electron chi connectivity index (χ3n) is 4.36. The van der Waals surface area contributed by atoms with E-state index in [9.17, 15) is 13.6 Å². The smallest absolute Gasteiger partial charge is 0.279 e. The molecule has 0 aromatic heterocycles. The Balaban J connectivity index is 1.64. The van der Waals surface area contributed by atoms with E-state index in [2.05, 4.69) is 5.32 Å². The van der Waals surface area contributed by atoms with E-state index in [0.717, 1.165) is 41.2 Å². The molecular weight excluding hydrogens is 326 g/mol. The molecule has 0 bridgehead atoms. The highest BCUT2D eigenvalue weighted by molar-refractivity contribution is 5.91. The molecule has 2 N–H and O–H groups in total. The first-order valence-electron chi connectivity index (χ1n) is 8.28. The van der Waals surface area contributed by atoms with E-state index in [1.807, 2.05) is 24.3 Å². The predicted octanol–water partition coefficient (Wildman–Crippen LogP) is 2.16. The van der Waals surface area contributed by atoms with Crippen LogP contribution < -0.4 is 15.0 Å². The number of carbonyl (C=O) groups is 1. The van der Waals surface area contributed by atoms with Gasteiger partial charge in [-0.3, -0.25) is 4.79 Å². The van der Waals surface area contributed by atoms with E-state index in [1.54, 1.807) is 7.11 Å². The van der Waals surface area contributed by atoms with Crippen LogP contribution in [0, 0.1) is 11.6 Å². The van der Waals surface area contributed by atoms with Crippen LogP contribution in [-0.2, 0) is 11.3 Å². The molecule has 0 heterocycles. The van der Waals surface area contributed by atoms with Crippen molar-refractivity contribution in [2.24, 2.45) is 0 Å². The molecule has 25 heavy (non-hydrogen) atoms. The zero-order chi connectivity index (χ0) is 17.8. The standard InChI is InChI=1S/C19H20F2N2O2/c1-25-15-9-5-13(6-10-15)11-23(14-7-8-14)12-18(24)22-19-16(20)3-2-4-17(19)21/h2-6,9-10,14H,7-8,11-12H2,1H3,(H,22,24)/p+1. The molecule has 1 aliphatic rings. The molecule has 1 unspecified atom stereocenters. The van der Waals surface area contributed by atoms with Crippen LogP contribution in [0.5, 0.6) is 5.75 Å². The Kier molecular flexibility index (Phi) is 5.28. The van der Waals surface area contributed by atoms with Crippen LogP contribution in [0.15, 0.2) is 42.5 Å². The van der Waals surface area contributed by atoms with Crippen LogP contribution in [0.25, 0.3) is 0 Å². The highest BCUT2D eigenvalue weighted by Gasteiger charge is 2.34. The van der Waals surface area contributed by atoms with Crippen molar-refractivity contribution in [3.8, 4) is 5.75 Å². The van der Waals surface area contributed by atoms with E-state index in [1.165, 1.54) is 6.07 Å². The van der Waals surface area contributed by atoms with Crippen LogP contribution in [0.1, 0.15) is 18.4 Å². The third kappa shape index (κ3) is 4.54. The molecule has 1 atom stereocenters. The fraction of sp³-hybridized carbons (Fsp3) is 0.316.